The highest BCUT2D eigenvalue weighted by atomic mass is 16.6. The van der Waals surface area contributed by atoms with Crippen molar-refractivity contribution in [2.75, 3.05) is 12.3 Å². The molecule has 1 aliphatic heterocycles. The summed E-state index contributed by atoms with van der Waals surface area (Å²) in [5, 5.41) is 19.5. The van der Waals surface area contributed by atoms with Crippen LogP contribution in [0, 0.1) is 0 Å². The Morgan fingerprint density at radius 3 is 2.83 bits per heavy atom. The number of nitrogens with zero attached hydrogens (tertiary/aromatic N) is 2. The summed E-state index contributed by atoms with van der Waals surface area (Å²) >= 11 is 0. The highest BCUT2D eigenvalue weighted by molar-refractivity contribution is 5.23. The predicted octanol–water partition coefficient (Wildman–Crippen LogP) is -2.66. The third-order valence-electron chi connectivity index (χ3n) is 2.72. The van der Waals surface area contributed by atoms with Crippen molar-refractivity contribution in [1.29, 1.82) is 0 Å². The molecule has 1 aromatic rings. The third-order valence-corrected chi connectivity index (χ3v) is 2.72. The normalized spacial score (nSPS) is 31.7. The number of anilines is 1. The molecule has 1 unspecified atom stereocenters. The highest BCUT2D eigenvalue weighted by Gasteiger charge is 2.44. The van der Waals surface area contributed by atoms with Gasteiger partial charge in [0.25, 0.3) is 0 Å². The summed E-state index contributed by atoms with van der Waals surface area (Å²) in [6.45, 7) is -0.105. The van der Waals surface area contributed by atoms with E-state index in [2.05, 4.69) is 9.82 Å². The average molecular weight is 258 g/mol. The van der Waals surface area contributed by atoms with E-state index < -0.39 is 30.2 Å². The van der Waals surface area contributed by atoms with Crippen LogP contribution in [0.15, 0.2) is 17.1 Å². The lowest BCUT2D eigenvalue weighted by atomic mass is 10.1. The summed E-state index contributed by atoms with van der Waals surface area (Å²) in [6, 6.07) is 1.39. The minimum absolute atomic E-state index is 0.0612. The predicted molar refractivity (Wildman–Crippen MR) is 59.0 cm³/mol. The maximum atomic E-state index is 11.6. The second kappa shape index (κ2) is 5.00. The molecular weight excluding hydrogens is 244 g/mol. The van der Waals surface area contributed by atoms with Crippen molar-refractivity contribution in [3.63, 3.8) is 0 Å². The van der Waals surface area contributed by atoms with E-state index in [0.717, 1.165) is 4.57 Å². The van der Waals surface area contributed by atoms with Gasteiger partial charge in [-0.25, -0.2) is 10.7 Å². The lowest BCUT2D eigenvalue weighted by Gasteiger charge is -2.16. The fourth-order valence-corrected chi connectivity index (χ4v) is 1.81. The molecular formula is C9H14N4O5. The van der Waals surface area contributed by atoms with Crippen LogP contribution in [0.2, 0.25) is 0 Å². The first-order valence-corrected chi connectivity index (χ1v) is 5.22. The summed E-state index contributed by atoms with van der Waals surface area (Å²) in [5.74, 6) is 4.94. The Bertz CT molecular complexity index is 478. The largest absolute Gasteiger partial charge is 0.387 e. The first-order valence-electron chi connectivity index (χ1n) is 5.22. The molecule has 9 heteroatoms. The van der Waals surface area contributed by atoms with E-state index in [1.165, 1.54) is 12.3 Å². The summed E-state index contributed by atoms with van der Waals surface area (Å²) < 4.78 is 6.35. The van der Waals surface area contributed by atoms with Crippen LogP contribution in [0.3, 0.4) is 0 Å². The fraction of sp³-hybridized carbons (Fsp3) is 0.556. The molecule has 1 saturated heterocycles. The zero-order chi connectivity index (χ0) is 13.3. The molecule has 4 atom stereocenters. The number of nitrogens with two attached hydrogens (primary N) is 2. The average Bonchev–Trinajstić information content (AvgIpc) is 2.58. The first-order chi connectivity index (χ1) is 8.54. The second-order valence-electron chi connectivity index (χ2n) is 3.92. The molecule has 0 bridgehead atoms. The Hall–Kier alpha value is -1.52. The van der Waals surface area contributed by atoms with Gasteiger partial charge in [-0.05, 0) is 6.07 Å². The molecule has 0 spiro atoms. The van der Waals surface area contributed by atoms with E-state index >= 15 is 0 Å². The number of rotatable bonds is 3. The van der Waals surface area contributed by atoms with Gasteiger partial charge in [0.1, 0.15) is 24.1 Å². The number of nitrogen functional groups attached to an aromatic ring is 1. The SMILES string of the molecule is NOC[C@H]1OC(n2ccc(N)nc2=O)[C@@H](O)[C@@H]1O. The van der Waals surface area contributed by atoms with Crippen molar-refractivity contribution in [2.45, 2.75) is 24.5 Å². The molecule has 0 saturated carbocycles. The highest BCUT2D eigenvalue weighted by Crippen LogP contribution is 2.28. The third kappa shape index (κ3) is 2.21. The van der Waals surface area contributed by atoms with E-state index in [0.29, 0.717) is 0 Å². The van der Waals surface area contributed by atoms with E-state index in [9.17, 15) is 15.0 Å². The van der Waals surface area contributed by atoms with Crippen molar-refractivity contribution >= 4 is 5.82 Å². The Kier molecular flexibility index (Phi) is 3.59. The van der Waals surface area contributed by atoms with Crippen molar-refractivity contribution in [3.05, 3.63) is 22.7 Å². The molecule has 0 aliphatic carbocycles. The molecule has 6 N–H and O–H groups in total. The van der Waals surface area contributed by atoms with Gasteiger partial charge < -0.3 is 25.5 Å². The van der Waals surface area contributed by atoms with Gasteiger partial charge in [-0.15, -0.1) is 0 Å². The number of aromatic nitrogens is 2. The standard InChI is InChI=1S/C9H14N4O5/c10-5-1-2-13(9(16)12-5)8-7(15)6(14)4(18-8)3-17-11/h1-2,4,6-8,14-15H,3,11H2,(H2,10,12,16)/t4-,6-,7+,8?/m1/s1. The zero-order valence-corrected chi connectivity index (χ0v) is 9.34. The number of hydrogen-bond acceptors (Lipinski definition) is 8. The van der Waals surface area contributed by atoms with E-state index in [1.54, 1.807) is 0 Å². The number of ether oxygens (including phenoxy) is 1. The maximum Gasteiger partial charge on any atom is 0.351 e. The van der Waals surface area contributed by atoms with Crippen LogP contribution >= 0.6 is 0 Å². The van der Waals surface area contributed by atoms with Gasteiger partial charge in [0.15, 0.2) is 6.23 Å². The van der Waals surface area contributed by atoms with Crippen molar-refractivity contribution in [1.82, 2.24) is 9.55 Å². The Balaban J connectivity index is 2.26. The first kappa shape index (κ1) is 12.9. The summed E-state index contributed by atoms with van der Waals surface area (Å²) in [6.07, 6.45) is -3.03. The molecule has 2 heterocycles. The van der Waals surface area contributed by atoms with Crippen LogP contribution in [0.25, 0.3) is 0 Å². The number of hydrogen-bond donors (Lipinski definition) is 4. The molecule has 0 amide bonds. The Labute approximate surface area is 102 Å². The van der Waals surface area contributed by atoms with Gasteiger partial charge in [0.2, 0.25) is 0 Å². The maximum absolute atomic E-state index is 11.6. The van der Waals surface area contributed by atoms with Crippen LogP contribution in [0.1, 0.15) is 6.23 Å². The van der Waals surface area contributed by atoms with Gasteiger partial charge in [-0.2, -0.15) is 4.98 Å². The van der Waals surface area contributed by atoms with E-state index in [-0.39, 0.29) is 12.4 Å². The summed E-state index contributed by atoms with van der Waals surface area (Å²) in [7, 11) is 0. The molecule has 0 radical (unpaired) electrons. The van der Waals surface area contributed by atoms with Gasteiger partial charge in [0, 0.05) is 6.20 Å². The van der Waals surface area contributed by atoms with Crippen LogP contribution in [-0.2, 0) is 9.57 Å². The fourth-order valence-electron chi connectivity index (χ4n) is 1.81. The lowest BCUT2D eigenvalue weighted by Crippen LogP contribution is -2.36. The van der Waals surface area contributed by atoms with Gasteiger partial charge in [-0.1, -0.05) is 0 Å². The minimum Gasteiger partial charge on any atom is -0.387 e. The molecule has 100 valence electrons. The molecule has 1 aliphatic rings. The Morgan fingerprint density at radius 2 is 2.22 bits per heavy atom. The van der Waals surface area contributed by atoms with Crippen molar-refractivity contribution in [2.24, 2.45) is 5.90 Å². The van der Waals surface area contributed by atoms with Crippen molar-refractivity contribution in [3.8, 4) is 0 Å². The van der Waals surface area contributed by atoms with Crippen LogP contribution < -0.4 is 17.3 Å². The second-order valence-corrected chi connectivity index (χ2v) is 3.92. The van der Waals surface area contributed by atoms with Gasteiger partial charge >= 0.3 is 5.69 Å². The molecule has 18 heavy (non-hydrogen) atoms. The topological polar surface area (TPSA) is 146 Å². The van der Waals surface area contributed by atoms with Crippen LogP contribution in [0.5, 0.6) is 0 Å². The lowest BCUT2D eigenvalue weighted by molar-refractivity contribution is -0.0689. The van der Waals surface area contributed by atoms with E-state index in [4.69, 9.17) is 16.4 Å². The molecule has 9 nitrogen and oxygen atoms in total. The quantitative estimate of drug-likeness (QED) is 0.429. The summed E-state index contributed by atoms with van der Waals surface area (Å²) in [5.41, 5.74) is 4.67. The molecule has 2 rings (SSSR count). The zero-order valence-electron chi connectivity index (χ0n) is 9.34. The van der Waals surface area contributed by atoms with E-state index in [1.807, 2.05) is 0 Å². The van der Waals surface area contributed by atoms with Crippen LogP contribution in [-0.4, -0.2) is 44.7 Å². The smallest absolute Gasteiger partial charge is 0.351 e. The van der Waals surface area contributed by atoms with Gasteiger partial charge in [-0.3, -0.25) is 4.57 Å². The van der Waals surface area contributed by atoms with Crippen molar-refractivity contribution < 1.29 is 19.8 Å². The summed E-state index contributed by atoms with van der Waals surface area (Å²) in [4.78, 5) is 19.5. The minimum atomic E-state index is -1.28. The number of aliphatic hydroxyl groups excluding tert-OH is 2. The monoisotopic (exact) mass is 258 g/mol. The molecule has 1 fully saturated rings. The van der Waals surface area contributed by atoms with Crippen LogP contribution in [0.4, 0.5) is 5.82 Å². The van der Waals surface area contributed by atoms with Gasteiger partial charge in [0.05, 0.1) is 6.61 Å². The Morgan fingerprint density at radius 1 is 1.50 bits per heavy atom. The molecule has 1 aromatic heterocycles. The number of aliphatic hydroxyl groups is 2. The molecule has 0 aromatic carbocycles.